The van der Waals surface area contributed by atoms with Crippen LogP contribution in [0.2, 0.25) is 5.02 Å². The number of nitrogens with one attached hydrogen (secondary N) is 1. The van der Waals surface area contributed by atoms with Crippen molar-refractivity contribution >= 4 is 23.2 Å². The van der Waals surface area contributed by atoms with Gasteiger partial charge in [-0.15, -0.1) is 0 Å². The second kappa shape index (κ2) is 6.93. The van der Waals surface area contributed by atoms with Crippen molar-refractivity contribution in [2.24, 2.45) is 16.3 Å². The van der Waals surface area contributed by atoms with Gasteiger partial charge in [-0.1, -0.05) is 37.6 Å². The SMILES string of the molecule is CN=C(NC1C2CCOC2C1(C)C)N1CCN(c2ccccc2Cl)CC1. The Bertz CT molecular complexity index is 684. The lowest BCUT2D eigenvalue weighted by Gasteiger charge is -2.55. The first-order valence-electron chi connectivity index (χ1n) is 9.61. The van der Waals surface area contributed by atoms with E-state index in [1.165, 1.54) is 0 Å². The van der Waals surface area contributed by atoms with E-state index >= 15 is 0 Å². The average molecular weight is 377 g/mol. The number of aliphatic imine (C=N–C) groups is 1. The van der Waals surface area contributed by atoms with Crippen molar-refractivity contribution in [1.82, 2.24) is 10.2 Å². The van der Waals surface area contributed by atoms with Gasteiger partial charge in [0.05, 0.1) is 16.8 Å². The molecule has 0 amide bonds. The Morgan fingerprint density at radius 2 is 1.96 bits per heavy atom. The standard InChI is InChI=1S/C20H29ClN4O/c1-20(2)17(14-8-13-26-18(14)20)23-19(22-3)25-11-9-24(10-12-25)16-7-5-4-6-15(16)21/h4-7,14,17-18H,8-13H2,1-3H3,(H,22,23). The van der Waals surface area contributed by atoms with Crippen LogP contribution in [0, 0.1) is 11.3 Å². The Morgan fingerprint density at radius 1 is 1.23 bits per heavy atom. The summed E-state index contributed by atoms with van der Waals surface area (Å²) in [6.07, 6.45) is 1.55. The fourth-order valence-electron chi connectivity index (χ4n) is 4.92. The van der Waals surface area contributed by atoms with E-state index in [1.807, 2.05) is 25.2 Å². The highest BCUT2D eigenvalue weighted by Gasteiger charge is 2.59. The Hall–Kier alpha value is -1.46. The van der Waals surface area contributed by atoms with Gasteiger partial charge in [0.2, 0.25) is 0 Å². The first-order valence-corrected chi connectivity index (χ1v) is 9.99. The second-order valence-electron chi connectivity index (χ2n) is 8.16. The third kappa shape index (κ3) is 2.95. The molecular formula is C20H29ClN4O. The molecule has 26 heavy (non-hydrogen) atoms. The van der Waals surface area contributed by atoms with Crippen LogP contribution >= 0.6 is 11.6 Å². The first-order chi connectivity index (χ1) is 12.5. The van der Waals surface area contributed by atoms with Gasteiger partial charge in [0.15, 0.2) is 5.96 Å². The zero-order valence-corrected chi connectivity index (χ0v) is 16.7. The summed E-state index contributed by atoms with van der Waals surface area (Å²) in [7, 11) is 1.89. The number of ether oxygens (including phenoxy) is 1. The van der Waals surface area contributed by atoms with E-state index in [1.54, 1.807) is 0 Å². The summed E-state index contributed by atoms with van der Waals surface area (Å²) in [6, 6.07) is 8.53. The van der Waals surface area contributed by atoms with Crippen LogP contribution in [0.25, 0.3) is 0 Å². The van der Waals surface area contributed by atoms with Crippen LogP contribution in [-0.2, 0) is 4.74 Å². The summed E-state index contributed by atoms with van der Waals surface area (Å²) in [4.78, 5) is 9.30. The quantitative estimate of drug-likeness (QED) is 0.636. The van der Waals surface area contributed by atoms with Gasteiger partial charge in [0.1, 0.15) is 0 Å². The molecule has 3 fully saturated rings. The van der Waals surface area contributed by atoms with Gasteiger partial charge in [0, 0.05) is 57.2 Å². The molecule has 0 radical (unpaired) electrons. The van der Waals surface area contributed by atoms with E-state index in [4.69, 9.17) is 16.3 Å². The lowest BCUT2D eigenvalue weighted by Crippen LogP contribution is -2.68. The molecule has 1 aromatic rings. The van der Waals surface area contributed by atoms with Crippen molar-refractivity contribution in [2.45, 2.75) is 32.4 Å². The fraction of sp³-hybridized carbons (Fsp3) is 0.650. The van der Waals surface area contributed by atoms with Crippen LogP contribution < -0.4 is 10.2 Å². The van der Waals surface area contributed by atoms with Crippen LogP contribution in [0.3, 0.4) is 0 Å². The normalized spacial score (nSPS) is 30.8. The molecule has 2 saturated heterocycles. The maximum atomic E-state index is 6.36. The Morgan fingerprint density at radius 3 is 2.65 bits per heavy atom. The van der Waals surface area contributed by atoms with Crippen LogP contribution in [0.1, 0.15) is 20.3 Å². The lowest BCUT2D eigenvalue weighted by atomic mass is 9.57. The number of anilines is 1. The molecule has 0 aromatic heterocycles. The number of hydrogen-bond acceptors (Lipinski definition) is 3. The van der Waals surface area contributed by atoms with Gasteiger partial charge in [-0.3, -0.25) is 4.99 Å². The van der Waals surface area contributed by atoms with Gasteiger partial charge in [-0.05, 0) is 18.6 Å². The van der Waals surface area contributed by atoms with Gasteiger partial charge >= 0.3 is 0 Å². The molecule has 3 unspecified atom stereocenters. The van der Waals surface area contributed by atoms with E-state index in [0.717, 1.165) is 55.9 Å². The smallest absolute Gasteiger partial charge is 0.194 e. The molecule has 5 nitrogen and oxygen atoms in total. The molecule has 1 aromatic carbocycles. The van der Waals surface area contributed by atoms with Crippen molar-refractivity contribution in [3.63, 3.8) is 0 Å². The number of fused-ring (bicyclic) bond motifs is 1. The van der Waals surface area contributed by atoms with Crippen molar-refractivity contribution < 1.29 is 4.74 Å². The predicted octanol–water partition coefficient (Wildman–Crippen LogP) is 2.85. The minimum atomic E-state index is 0.163. The second-order valence-corrected chi connectivity index (χ2v) is 8.57. The number of para-hydroxylation sites is 1. The third-order valence-corrected chi connectivity index (χ3v) is 6.69. The molecular weight excluding hydrogens is 348 g/mol. The number of nitrogens with zero attached hydrogens (tertiary/aromatic N) is 3. The van der Waals surface area contributed by atoms with E-state index in [9.17, 15) is 0 Å². The summed E-state index contributed by atoms with van der Waals surface area (Å²) < 4.78 is 5.92. The van der Waals surface area contributed by atoms with Gasteiger partial charge in [-0.25, -0.2) is 0 Å². The molecule has 6 heteroatoms. The minimum absolute atomic E-state index is 0.163. The molecule has 142 valence electrons. The Kier molecular flexibility index (Phi) is 4.78. The predicted molar refractivity (Wildman–Crippen MR) is 107 cm³/mol. The highest BCUT2D eigenvalue weighted by Crippen LogP contribution is 2.52. The van der Waals surface area contributed by atoms with E-state index in [-0.39, 0.29) is 5.41 Å². The van der Waals surface area contributed by atoms with E-state index in [0.29, 0.717) is 18.1 Å². The molecule has 1 N–H and O–H groups in total. The van der Waals surface area contributed by atoms with Crippen molar-refractivity contribution in [2.75, 3.05) is 44.7 Å². The van der Waals surface area contributed by atoms with E-state index < -0.39 is 0 Å². The summed E-state index contributed by atoms with van der Waals surface area (Å²) in [5.41, 5.74) is 1.29. The molecule has 2 aliphatic heterocycles. The summed E-state index contributed by atoms with van der Waals surface area (Å²) in [6.45, 7) is 9.30. The number of rotatable bonds is 2. The number of halogens is 1. The molecule has 1 saturated carbocycles. The van der Waals surface area contributed by atoms with Gasteiger partial charge in [0.25, 0.3) is 0 Å². The summed E-state index contributed by atoms with van der Waals surface area (Å²) >= 11 is 6.36. The molecule has 2 heterocycles. The Labute approximate surface area is 161 Å². The number of guanidine groups is 1. The van der Waals surface area contributed by atoms with Crippen molar-refractivity contribution in [3.05, 3.63) is 29.3 Å². The van der Waals surface area contributed by atoms with Crippen LogP contribution in [0.4, 0.5) is 5.69 Å². The maximum Gasteiger partial charge on any atom is 0.194 e. The molecule has 1 aliphatic carbocycles. The molecule has 0 bridgehead atoms. The zero-order chi connectivity index (χ0) is 18.3. The number of hydrogen-bond donors (Lipinski definition) is 1. The maximum absolute atomic E-state index is 6.36. The van der Waals surface area contributed by atoms with Crippen LogP contribution in [0.15, 0.2) is 29.3 Å². The summed E-state index contributed by atoms with van der Waals surface area (Å²) in [5, 5.41) is 4.58. The number of piperazine rings is 1. The fourth-order valence-corrected chi connectivity index (χ4v) is 5.18. The first kappa shape index (κ1) is 17.9. The van der Waals surface area contributed by atoms with Gasteiger partial charge in [-0.2, -0.15) is 0 Å². The average Bonchev–Trinajstić information content (AvgIpc) is 3.10. The minimum Gasteiger partial charge on any atom is -0.377 e. The molecule has 3 atom stereocenters. The largest absolute Gasteiger partial charge is 0.377 e. The Balaban J connectivity index is 1.38. The molecule has 0 spiro atoms. The van der Waals surface area contributed by atoms with Crippen LogP contribution in [0.5, 0.6) is 0 Å². The lowest BCUT2D eigenvalue weighted by molar-refractivity contribution is -0.107. The summed E-state index contributed by atoms with van der Waals surface area (Å²) in [5.74, 6) is 1.64. The zero-order valence-electron chi connectivity index (χ0n) is 15.9. The van der Waals surface area contributed by atoms with Crippen LogP contribution in [-0.4, -0.2) is 62.8 Å². The van der Waals surface area contributed by atoms with Crippen molar-refractivity contribution in [1.29, 1.82) is 0 Å². The highest BCUT2D eigenvalue weighted by atomic mass is 35.5. The van der Waals surface area contributed by atoms with Crippen molar-refractivity contribution in [3.8, 4) is 0 Å². The molecule has 3 aliphatic rings. The van der Waals surface area contributed by atoms with E-state index in [2.05, 4.69) is 40.0 Å². The third-order valence-electron chi connectivity index (χ3n) is 6.37. The topological polar surface area (TPSA) is 40.1 Å². The highest BCUT2D eigenvalue weighted by molar-refractivity contribution is 6.33. The van der Waals surface area contributed by atoms with Gasteiger partial charge < -0.3 is 19.9 Å². The monoisotopic (exact) mass is 376 g/mol. The number of benzene rings is 1. The molecule has 4 rings (SSSR count).